The summed E-state index contributed by atoms with van der Waals surface area (Å²) in [6, 6.07) is 14.2. The Morgan fingerprint density at radius 2 is 1.88 bits per heavy atom. The van der Waals surface area contributed by atoms with Crippen LogP contribution in [-0.2, 0) is 20.7 Å². The predicted molar refractivity (Wildman–Crippen MR) is 114 cm³/mol. The highest BCUT2D eigenvalue weighted by Crippen LogP contribution is 2.26. The van der Waals surface area contributed by atoms with Crippen molar-refractivity contribution in [3.05, 3.63) is 60.4 Å². The van der Waals surface area contributed by atoms with Gasteiger partial charge < -0.3 is 19.5 Å². The molecule has 1 fully saturated rings. The number of likely N-dealkylation sites (tertiary alicyclic amines) is 1. The maximum absolute atomic E-state index is 12.4. The Hall–Kier alpha value is -3.14. The van der Waals surface area contributed by atoms with E-state index in [4.69, 9.17) is 19.4 Å². The minimum atomic E-state index is -5.08. The first-order valence-corrected chi connectivity index (χ1v) is 10.4. The Kier molecular flexibility index (Phi) is 10.1. The van der Waals surface area contributed by atoms with Gasteiger partial charge in [-0.15, -0.1) is 0 Å². The fraction of sp³-hybridized carbons (Fsp3) is 0.435. The van der Waals surface area contributed by atoms with E-state index in [1.54, 1.807) is 19.5 Å². The molecular formula is C23H27F3N2O5. The number of amides is 1. The average Bonchev–Trinajstić information content (AvgIpc) is 2.80. The van der Waals surface area contributed by atoms with Crippen LogP contribution in [0, 0.1) is 5.92 Å². The van der Waals surface area contributed by atoms with Crippen molar-refractivity contribution in [1.29, 1.82) is 0 Å². The van der Waals surface area contributed by atoms with Crippen molar-refractivity contribution in [1.82, 2.24) is 9.88 Å². The van der Waals surface area contributed by atoms with Crippen molar-refractivity contribution in [2.45, 2.75) is 31.5 Å². The van der Waals surface area contributed by atoms with Gasteiger partial charge in [0.05, 0.1) is 19.2 Å². The van der Waals surface area contributed by atoms with Gasteiger partial charge in [0.1, 0.15) is 11.9 Å². The number of nitrogens with zero attached hydrogens (tertiary/aromatic N) is 2. The molecule has 1 N–H and O–H groups in total. The minimum Gasteiger partial charge on any atom is -0.488 e. The second-order valence-corrected chi connectivity index (χ2v) is 7.47. The molecule has 0 aliphatic carbocycles. The van der Waals surface area contributed by atoms with Gasteiger partial charge in [-0.3, -0.25) is 9.78 Å². The normalized spacial score (nSPS) is 18.1. The van der Waals surface area contributed by atoms with Gasteiger partial charge >= 0.3 is 12.1 Å². The Bertz CT molecular complexity index is 865. The lowest BCUT2D eigenvalue weighted by atomic mass is 9.88. The number of carbonyl (C=O) groups excluding carboxylic acids is 1. The second kappa shape index (κ2) is 12.8. The number of carboxylic acids is 1. The number of pyridine rings is 1. The lowest BCUT2D eigenvalue weighted by Gasteiger charge is -2.38. The summed E-state index contributed by atoms with van der Waals surface area (Å²) in [5, 5.41) is 7.12. The van der Waals surface area contributed by atoms with Crippen LogP contribution in [0.15, 0.2) is 54.9 Å². The van der Waals surface area contributed by atoms with Crippen LogP contribution >= 0.6 is 0 Å². The van der Waals surface area contributed by atoms with E-state index < -0.39 is 12.1 Å². The van der Waals surface area contributed by atoms with Crippen LogP contribution in [-0.4, -0.2) is 66.0 Å². The average molecular weight is 468 g/mol. The number of methoxy groups -OCH3 is 1. The van der Waals surface area contributed by atoms with E-state index in [-0.39, 0.29) is 17.9 Å². The number of hydrogen-bond acceptors (Lipinski definition) is 5. The molecular weight excluding hydrogens is 441 g/mol. The van der Waals surface area contributed by atoms with Crippen LogP contribution in [0.4, 0.5) is 13.2 Å². The molecule has 0 spiro atoms. The Balaban J connectivity index is 0.000000479. The highest BCUT2D eigenvalue weighted by molar-refractivity contribution is 5.76. The van der Waals surface area contributed by atoms with Gasteiger partial charge in [-0.25, -0.2) is 4.79 Å². The molecule has 33 heavy (non-hydrogen) atoms. The quantitative estimate of drug-likeness (QED) is 0.668. The van der Waals surface area contributed by atoms with Gasteiger partial charge in [0.25, 0.3) is 0 Å². The molecule has 1 aliphatic heterocycles. The molecule has 0 radical (unpaired) electrons. The van der Waals surface area contributed by atoms with Crippen molar-refractivity contribution in [3.8, 4) is 5.75 Å². The third-order valence-corrected chi connectivity index (χ3v) is 5.04. The molecule has 7 nitrogen and oxygen atoms in total. The van der Waals surface area contributed by atoms with E-state index in [0.717, 1.165) is 25.1 Å². The highest BCUT2D eigenvalue weighted by Gasteiger charge is 2.38. The molecule has 1 aliphatic rings. The molecule has 3 rings (SSSR count). The van der Waals surface area contributed by atoms with E-state index in [0.29, 0.717) is 19.6 Å². The summed E-state index contributed by atoms with van der Waals surface area (Å²) < 4.78 is 43.0. The minimum absolute atomic E-state index is 0.0749. The highest BCUT2D eigenvalue weighted by atomic mass is 19.4. The molecule has 180 valence electrons. The molecule has 2 aromatic rings. The van der Waals surface area contributed by atoms with E-state index >= 15 is 0 Å². The third-order valence-electron chi connectivity index (χ3n) is 5.04. The molecule has 1 saturated heterocycles. The van der Waals surface area contributed by atoms with Crippen molar-refractivity contribution >= 4 is 11.9 Å². The molecule has 1 amide bonds. The van der Waals surface area contributed by atoms with E-state index in [2.05, 4.69) is 29.2 Å². The van der Waals surface area contributed by atoms with Gasteiger partial charge in [0.2, 0.25) is 5.91 Å². The van der Waals surface area contributed by atoms with Crippen LogP contribution in [0.2, 0.25) is 0 Å². The smallest absolute Gasteiger partial charge is 0.488 e. The first kappa shape index (κ1) is 26.1. The maximum atomic E-state index is 12.4. The third kappa shape index (κ3) is 9.09. The number of alkyl halides is 3. The van der Waals surface area contributed by atoms with E-state index in [1.807, 2.05) is 23.1 Å². The number of carbonyl (C=O) groups is 2. The number of hydrogen-bond donors (Lipinski definition) is 1. The summed E-state index contributed by atoms with van der Waals surface area (Å²) in [5.41, 5.74) is 1.27. The van der Waals surface area contributed by atoms with Crippen molar-refractivity contribution in [2.24, 2.45) is 5.92 Å². The van der Waals surface area contributed by atoms with Gasteiger partial charge in [-0.2, -0.15) is 13.2 Å². The number of benzene rings is 1. The number of halogens is 3. The Morgan fingerprint density at radius 1 is 1.18 bits per heavy atom. The topological polar surface area (TPSA) is 89.0 Å². The summed E-state index contributed by atoms with van der Waals surface area (Å²) in [7, 11) is 1.62. The van der Waals surface area contributed by atoms with E-state index in [9.17, 15) is 18.0 Å². The molecule has 0 bridgehead atoms. The fourth-order valence-corrected chi connectivity index (χ4v) is 3.44. The molecule has 10 heteroatoms. The number of ether oxygens (including phenoxy) is 2. The van der Waals surface area contributed by atoms with Crippen molar-refractivity contribution in [3.63, 3.8) is 0 Å². The van der Waals surface area contributed by atoms with Gasteiger partial charge in [-0.1, -0.05) is 30.3 Å². The zero-order valence-corrected chi connectivity index (χ0v) is 18.2. The number of aliphatic carboxylic acids is 1. The Labute approximate surface area is 190 Å². The summed E-state index contributed by atoms with van der Waals surface area (Å²) in [5.74, 6) is -1.56. The van der Waals surface area contributed by atoms with Crippen LogP contribution in [0.5, 0.6) is 5.75 Å². The molecule has 2 heterocycles. The lowest BCUT2D eigenvalue weighted by molar-refractivity contribution is -0.192. The first-order chi connectivity index (χ1) is 15.7. The fourth-order valence-electron chi connectivity index (χ4n) is 3.44. The molecule has 0 unspecified atom stereocenters. The lowest BCUT2D eigenvalue weighted by Crippen LogP contribution is -2.48. The van der Waals surface area contributed by atoms with Crippen molar-refractivity contribution < 1.29 is 37.3 Å². The van der Waals surface area contributed by atoms with E-state index in [1.165, 1.54) is 5.56 Å². The SMILES string of the molecule is COCCC(=O)N1CC[C@@H](Oc2cccnc2)[C@@H](Cc2ccccc2)C1.O=C(O)C(F)(F)F. The van der Waals surface area contributed by atoms with Crippen molar-refractivity contribution in [2.75, 3.05) is 26.8 Å². The largest absolute Gasteiger partial charge is 0.490 e. The predicted octanol–water partition coefficient (Wildman–Crippen LogP) is 3.59. The van der Waals surface area contributed by atoms with Crippen LogP contribution in [0.1, 0.15) is 18.4 Å². The molecule has 1 aromatic carbocycles. The standard InChI is InChI=1S/C21H26N2O3.C2HF3O2/c1-25-13-10-21(24)23-12-9-20(26-19-8-5-11-22-15-19)18(16-23)14-17-6-3-2-4-7-17;3-2(4,5)1(6)7/h2-8,11,15,18,20H,9-10,12-14,16H2,1H3;(H,6,7)/t18-,20+;/m0./s1. The van der Waals surface area contributed by atoms with Crippen LogP contribution in [0.25, 0.3) is 0 Å². The number of piperidine rings is 1. The van der Waals surface area contributed by atoms with Gasteiger partial charge in [0, 0.05) is 38.7 Å². The summed E-state index contributed by atoms with van der Waals surface area (Å²) >= 11 is 0. The van der Waals surface area contributed by atoms with Crippen LogP contribution < -0.4 is 4.74 Å². The molecule has 1 aromatic heterocycles. The first-order valence-electron chi connectivity index (χ1n) is 10.4. The zero-order chi connectivity index (χ0) is 24.3. The second-order valence-electron chi connectivity index (χ2n) is 7.47. The zero-order valence-electron chi connectivity index (χ0n) is 18.2. The number of carboxylic acid groups (broad SMARTS) is 1. The van der Waals surface area contributed by atoms with Crippen LogP contribution in [0.3, 0.4) is 0 Å². The monoisotopic (exact) mass is 468 g/mol. The molecule has 0 saturated carbocycles. The van der Waals surface area contributed by atoms with Gasteiger partial charge in [-0.05, 0) is 24.1 Å². The summed E-state index contributed by atoms with van der Waals surface area (Å²) in [6.07, 6.45) is 0.625. The molecule has 2 atom stereocenters. The van der Waals surface area contributed by atoms with Gasteiger partial charge in [0.15, 0.2) is 0 Å². The summed E-state index contributed by atoms with van der Waals surface area (Å²) in [4.78, 5) is 27.4. The number of aromatic nitrogens is 1. The number of rotatable bonds is 7. The summed E-state index contributed by atoms with van der Waals surface area (Å²) in [6.45, 7) is 1.90. The Morgan fingerprint density at radius 3 is 2.45 bits per heavy atom. The maximum Gasteiger partial charge on any atom is 0.490 e.